The van der Waals surface area contributed by atoms with E-state index in [1.165, 1.54) is 0 Å². The number of nitrogens with one attached hydrogen (secondary N) is 1. The van der Waals surface area contributed by atoms with Crippen molar-refractivity contribution >= 4 is 0 Å². The third-order valence-corrected chi connectivity index (χ3v) is 2.07. The summed E-state index contributed by atoms with van der Waals surface area (Å²) in [7, 11) is 0. The van der Waals surface area contributed by atoms with Gasteiger partial charge in [-0.25, -0.2) is 0 Å². The molecule has 2 atom stereocenters. The van der Waals surface area contributed by atoms with Gasteiger partial charge in [-0.05, 0) is 19.4 Å². The van der Waals surface area contributed by atoms with E-state index in [1.54, 1.807) is 6.20 Å². The van der Waals surface area contributed by atoms with Crippen molar-refractivity contribution in [3.63, 3.8) is 0 Å². The topological polar surface area (TPSA) is 53.6 Å². The lowest BCUT2D eigenvalue weighted by atomic mass is 10.2. The molecule has 4 heteroatoms. The van der Waals surface area contributed by atoms with Crippen LogP contribution in [-0.2, 0) is 6.54 Å². The van der Waals surface area contributed by atoms with Crippen LogP contribution in [0.25, 0.3) is 0 Å². The van der Waals surface area contributed by atoms with E-state index in [9.17, 15) is 0 Å². The number of nitriles is 1. The Kier molecular flexibility index (Phi) is 4.14. The van der Waals surface area contributed by atoms with Crippen molar-refractivity contribution in [2.75, 3.05) is 0 Å². The molecule has 14 heavy (non-hydrogen) atoms. The molecule has 2 unspecified atom stereocenters. The van der Waals surface area contributed by atoms with E-state index in [-0.39, 0.29) is 12.1 Å². The van der Waals surface area contributed by atoms with Crippen LogP contribution in [0.15, 0.2) is 18.5 Å². The maximum Gasteiger partial charge on any atom is 0.0952 e. The van der Waals surface area contributed by atoms with Crippen LogP contribution in [0.2, 0.25) is 0 Å². The predicted molar refractivity (Wildman–Crippen MR) is 54.5 cm³/mol. The Morgan fingerprint density at radius 3 is 2.93 bits per heavy atom. The maximum atomic E-state index is 8.77. The van der Waals surface area contributed by atoms with Crippen molar-refractivity contribution in [3.8, 4) is 6.07 Å². The Hall–Kier alpha value is -1.34. The minimum absolute atomic E-state index is 0.0550. The van der Waals surface area contributed by atoms with Crippen LogP contribution in [0, 0.1) is 11.3 Å². The molecule has 0 saturated heterocycles. The molecule has 0 bridgehead atoms. The van der Waals surface area contributed by atoms with Crippen LogP contribution >= 0.6 is 0 Å². The van der Waals surface area contributed by atoms with Gasteiger partial charge in [0.1, 0.15) is 0 Å². The Balaban J connectivity index is 2.36. The Bertz CT molecular complexity index is 286. The van der Waals surface area contributed by atoms with Crippen LogP contribution in [-0.4, -0.2) is 21.9 Å². The van der Waals surface area contributed by atoms with Gasteiger partial charge in [-0.15, -0.1) is 0 Å². The second-order valence-electron chi connectivity index (χ2n) is 3.39. The minimum Gasteiger partial charge on any atom is -0.298 e. The molecule has 0 aliphatic rings. The molecule has 1 heterocycles. The van der Waals surface area contributed by atoms with Gasteiger partial charge in [0.25, 0.3) is 0 Å². The average molecular weight is 192 g/mol. The standard InChI is InChI=1S/C10H16N4/c1-3-10(7-11)13-9(2)8-14-6-4-5-12-14/h4-6,9-10,13H,3,8H2,1-2H3. The van der Waals surface area contributed by atoms with E-state index in [2.05, 4.69) is 23.4 Å². The molecule has 0 aliphatic carbocycles. The minimum atomic E-state index is -0.0550. The highest BCUT2D eigenvalue weighted by molar-refractivity contribution is 4.90. The Morgan fingerprint density at radius 2 is 2.43 bits per heavy atom. The molecule has 76 valence electrons. The highest BCUT2D eigenvalue weighted by atomic mass is 15.3. The molecule has 0 aromatic carbocycles. The van der Waals surface area contributed by atoms with Gasteiger partial charge >= 0.3 is 0 Å². The summed E-state index contributed by atoms with van der Waals surface area (Å²) in [6.45, 7) is 4.86. The molecule has 1 N–H and O–H groups in total. The summed E-state index contributed by atoms with van der Waals surface area (Å²) in [6.07, 6.45) is 4.51. The fraction of sp³-hybridized carbons (Fsp3) is 0.600. The van der Waals surface area contributed by atoms with E-state index in [0.29, 0.717) is 0 Å². The van der Waals surface area contributed by atoms with Gasteiger partial charge < -0.3 is 0 Å². The first-order valence-corrected chi connectivity index (χ1v) is 4.89. The zero-order chi connectivity index (χ0) is 10.4. The van der Waals surface area contributed by atoms with Crippen molar-refractivity contribution in [2.45, 2.75) is 38.9 Å². The van der Waals surface area contributed by atoms with Crippen LogP contribution in [0.5, 0.6) is 0 Å². The zero-order valence-corrected chi connectivity index (χ0v) is 8.64. The summed E-state index contributed by atoms with van der Waals surface area (Å²) in [4.78, 5) is 0. The van der Waals surface area contributed by atoms with Gasteiger partial charge in [-0.3, -0.25) is 10.00 Å². The zero-order valence-electron chi connectivity index (χ0n) is 8.64. The smallest absolute Gasteiger partial charge is 0.0952 e. The number of hydrogen-bond donors (Lipinski definition) is 1. The quantitative estimate of drug-likeness (QED) is 0.761. The highest BCUT2D eigenvalue weighted by Gasteiger charge is 2.09. The van der Waals surface area contributed by atoms with Crippen LogP contribution in [0.4, 0.5) is 0 Å². The van der Waals surface area contributed by atoms with E-state index >= 15 is 0 Å². The number of nitrogens with zero attached hydrogens (tertiary/aromatic N) is 3. The van der Waals surface area contributed by atoms with Crippen molar-refractivity contribution in [1.29, 1.82) is 5.26 Å². The lowest BCUT2D eigenvalue weighted by molar-refractivity contribution is 0.423. The fourth-order valence-electron chi connectivity index (χ4n) is 1.33. The van der Waals surface area contributed by atoms with Crippen LogP contribution < -0.4 is 5.32 Å². The van der Waals surface area contributed by atoms with Crippen LogP contribution in [0.1, 0.15) is 20.3 Å². The van der Waals surface area contributed by atoms with Gasteiger partial charge in [0.05, 0.1) is 18.7 Å². The molecule has 1 aromatic rings. The summed E-state index contributed by atoms with van der Waals surface area (Å²) >= 11 is 0. The normalized spacial score (nSPS) is 14.6. The molecule has 0 aliphatic heterocycles. The molecule has 4 nitrogen and oxygen atoms in total. The molecule has 0 saturated carbocycles. The highest BCUT2D eigenvalue weighted by Crippen LogP contribution is 1.95. The predicted octanol–water partition coefficient (Wildman–Crippen LogP) is 1.16. The van der Waals surface area contributed by atoms with E-state index in [4.69, 9.17) is 5.26 Å². The first kappa shape index (κ1) is 10.7. The Morgan fingerprint density at radius 1 is 1.64 bits per heavy atom. The SMILES string of the molecule is CCC(C#N)NC(C)Cn1cccn1. The summed E-state index contributed by atoms with van der Waals surface area (Å²) in [6, 6.07) is 4.33. The summed E-state index contributed by atoms with van der Waals surface area (Å²) in [5.74, 6) is 0. The van der Waals surface area contributed by atoms with Gasteiger partial charge in [-0.2, -0.15) is 10.4 Å². The van der Waals surface area contributed by atoms with Crippen LogP contribution in [0.3, 0.4) is 0 Å². The van der Waals surface area contributed by atoms with E-state index in [0.717, 1.165) is 13.0 Å². The first-order valence-electron chi connectivity index (χ1n) is 4.89. The molecule has 0 fully saturated rings. The molecule has 0 spiro atoms. The van der Waals surface area contributed by atoms with E-state index in [1.807, 2.05) is 23.9 Å². The van der Waals surface area contributed by atoms with Gasteiger partial charge in [0, 0.05) is 18.4 Å². The number of hydrogen-bond acceptors (Lipinski definition) is 3. The number of rotatable bonds is 5. The summed E-state index contributed by atoms with van der Waals surface area (Å²) in [5, 5.41) is 16.1. The lowest BCUT2D eigenvalue weighted by Crippen LogP contribution is -2.37. The van der Waals surface area contributed by atoms with Crippen molar-refractivity contribution < 1.29 is 0 Å². The number of aromatic nitrogens is 2. The monoisotopic (exact) mass is 192 g/mol. The fourth-order valence-corrected chi connectivity index (χ4v) is 1.33. The van der Waals surface area contributed by atoms with Crippen molar-refractivity contribution in [1.82, 2.24) is 15.1 Å². The molecule has 0 amide bonds. The van der Waals surface area contributed by atoms with Gasteiger partial charge in [-0.1, -0.05) is 6.92 Å². The largest absolute Gasteiger partial charge is 0.298 e. The second kappa shape index (κ2) is 5.40. The Labute approximate surface area is 84.5 Å². The lowest BCUT2D eigenvalue weighted by Gasteiger charge is -2.16. The third kappa shape index (κ3) is 3.19. The van der Waals surface area contributed by atoms with Crippen molar-refractivity contribution in [2.24, 2.45) is 0 Å². The van der Waals surface area contributed by atoms with E-state index < -0.39 is 0 Å². The van der Waals surface area contributed by atoms with Gasteiger partial charge in [0.2, 0.25) is 0 Å². The molecule has 1 aromatic heterocycles. The third-order valence-electron chi connectivity index (χ3n) is 2.07. The summed E-state index contributed by atoms with van der Waals surface area (Å²) < 4.78 is 1.86. The van der Waals surface area contributed by atoms with Gasteiger partial charge in [0.15, 0.2) is 0 Å². The average Bonchev–Trinajstić information content (AvgIpc) is 2.66. The second-order valence-corrected chi connectivity index (χ2v) is 3.39. The first-order chi connectivity index (χ1) is 6.76. The molecule has 1 rings (SSSR count). The van der Waals surface area contributed by atoms with Crippen molar-refractivity contribution in [3.05, 3.63) is 18.5 Å². The molecular formula is C10H16N4. The maximum absolute atomic E-state index is 8.77. The molecular weight excluding hydrogens is 176 g/mol. The summed E-state index contributed by atoms with van der Waals surface area (Å²) in [5.41, 5.74) is 0. The molecule has 0 radical (unpaired) electrons.